The summed E-state index contributed by atoms with van der Waals surface area (Å²) in [7, 11) is 0. The molecular formula is C23H29N3O. The Morgan fingerprint density at radius 1 is 1.19 bits per heavy atom. The number of benzene rings is 1. The van der Waals surface area contributed by atoms with E-state index in [4.69, 9.17) is 0 Å². The van der Waals surface area contributed by atoms with E-state index in [9.17, 15) is 4.79 Å². The quantitative estimate of drug-likeness (QED) is 0.830. The van der Waals surface area contributed by atoms with Crippen LogP contribution in [0.5, 0.6) is 0 Å². The van der Waals surface area contributed by atoms with Gasteiger partial charge in [-0.2, -0.15) is 0 Å². The Balaban J connectivity index is 1.35. The van der Waals surface area contributed by atoms with Gasteiger partial charge in [0, 0.05) is 43.2 Å². The minimum Gasteiger partial charge on any atom is -0.338 e. The molecule has 1 atom stereocenters. The van der Waals surface area contributed by atoms with E-state index in [1.165, 1.54) is 50.9 Å². The average molecular weight is 364 g/mol. The van der Waals surface area contributed by atoms with Crippen molar-refractivity contribution in [3.63, 3.8) is 0 Å². The summed E-state index contributed by atoms with van der Waals surface area (Å²) >= 11 is 0. The van der Waals surface area contributed by atoms with Gasteiger partial charge < -0.3 is 9.80 Å². The topological polar surface area (TPSA) is 36.4 Å². The lowest BCUT2D eigenvalue weighted by Crippen LogP contribution is -2.46. The molecule has 1 aliphatic carbocycles. The minimum absolute atomic E-state index is 0.184. The molecule has 0 bridgehead atoms. The summed E-state index contributed by atoms with van der Waals surface area (Å²) < 4.78 is 0. The predicted octanol–water partition coefficient (Wildman–Crippen LogP) is 3.88. The number of amides is 1. The standard InChI is InChI=1S/C23H29N3O/c1-17-3-6-21-20(13-17)19(7-10-24-21)22(27)26-12-9-23(16-26)8-2-11-25(15-23)14-18-4-5-18/h3,6-7,10,13,18H,2,4-5,8-9,11-12,14-16H2,1H3/t23-/m0/s1. The molecule has 4 heteroatoms. The fourth-order valence-corrected chi connectivity index (χ4v) is 5.19. The summed E-state index contributed by atoms with van der Waals surface area (Å²) in [5.74, 6) is 1.13. The van der Waals surface area contributed by atoms with Crippen LogP contribution < -0.4 is 0 Å². The van der Waals surface area contributed by atoms with E-state index in [2.05, 4.69) is 33.8 Å². The molecule has 1 aromatic carbocycles. The maximum absolute atomic E-state index is 13.4. The Labute approximate surface area is 161 Å². The second-order valence-electron chi connectivity index (χ2n) is 9.14. The third-order valence-electron chi connectivity index (χ3n) is 6.81. The van der Waals surface area contributed by atoms with Gasteiger partial charge in [-0.05, 0) is 69.7 Å². The van der Waals surface area contributed by atoms with Gasteiger partial charge in [0.05, 0.1) is 11.1 Å². The first-order chi connectivity index (χ1) is 13.1. The molecule has 1 aromatic heterocycles. The van der Waals surface area contributed by atoms with Crippen LogP contribution in [-0.2, 0) is 0 Å². The summed E-state index contributed by atoms with van der Waals surface area (Å²) in [6.07, 6.45) is 8.32. The number of nitrogens with zero attached hydrogens (tertiary/aromatic N) is 3. The highest BCUT2D eigenvalue weighted by molar-refractivity contribution is 6.06. The van der Waals surface area contributed by atoms with Crippen LogP contribution in [0.2, 0.25) is 0 Å². The first-order valence-corrected chi connectivity index (χ1v) is 10.5. The van der Waals surface area contributed by atoms with Crippen molar-refractivity contribution in [3.8, 4) is 0 Å². The van der Waals surface area contributed by atoms with Gasteiger partial charge in [-0.1, -0.05) is 11.6 Å². The number of aryl methyl sites for hydroxylation is 1. The zero-order chi connectivity index (χ0) is 18.4. The third-order valence-corrected chi connectivity index (χ3v) is 6.81. The fraction of sp³-hybridized carbons (Fsp3) is 0.565. The second kappa shape index (κ2) is 6.59. The van der Waals surface area contributed by atoms with Crippen LogP contribution in [0.4, 0.5) is 0 Å². The monoisotopic (exact) mass is 363 g/mol. The molecule has 27 heavy (non-hydrogen) atoms. The number of hydrogen-bond donors (Lipinski definition) is 0. The van der Waals surface area contributed by atoms with Crippen molar-refractivity contribution in [3.05, 3.63) is 41.6 Å². The van der Waals surface area contributed by atoms with Crippen molar-refractivity contribution in [1.29, 1.82) is 0 Å². The molecule has 3 aliphatic rings. The summed E-state index contributed by atoms with van der Waals surface area (Å²) in [6, 6.07) is 8.07. The molecule has 2 saturated heterocycles. The van der Waals surface area contributed by atoms with Gasteiger partial charge in [-0.3, -0.25) is 9.78 Å². The zero-order valence-electron chi connectivity index (χ0n) is 16.3. The molecule has 1 spiro atoms. The lowest BCUT2D eigenvalue weighted by atomic mass is 9.79. The van der Waals surface area contributed by atoms with Gasteiger partial charge in [-0.25, -0.2) is 0 Å². The fourth-order valence-electron chi connectivity index (χ4n) is 5.19. The zero-order valence-corrected chi connectivity index (χ0v) is 16.3. The largest absolute Gasteiger partial charge is 0.338 e. The van der Waals surface area contributed by atoms with Crippen LogP contribution >= 0.6 is 0 Å². The van der Waals surface area contributed by atoms with E-state index in [1.807, 2.05) is 12.1 Å². The molecular weight excluding hydrogens is 334 g/mol. The summed E-state index contributed by atoms with van der Waals surface area (Å²) in [5, 5.41) is 0.988. The van der Waals surface area contributed by atoms with E-state index < -0.39 is 0 Å². The van der Waals surface area contributed by atoms with Gasteiger partial charge >= 0.3 is 0 Å². The molecule has 1 saturated carbocycles. The number of carbonyl (C=O) groups excluding carboxylic acids is 1. The van der Waals surface area contributed by atoms with Crippen molar-refractivity contribution >= 4 is 16.8 Å². The molecule has 0 N–H and O–H groups in total. The Hall–Kier alpha value is -1.94. The van der Waals surface area contributed by atoms with Crippen LogP contribution in [0.15, 0.2) is 30.5 Å². The summed E-state index contributed by atoms with van der Waals surface area (Å²) in [6.45, 7) is 7.60. The lowest BCUT2D eigenvalue weighted by Gasteiger charge is -2.40. The SMILES string of the molecule is Cc1ccc2nccc(C(=O)N3CC[C@]4(CCCN(CC5CC5)C4)C3)c2c1. The van der Waals surface area contributed by atoms with Crippen LogP contribution in [0.25, 0.3) is 10.9 Å². The number of hydrogen-bond acceptors (Lipinski definition) is 3. The van der Waals surface area contributed by atoms with Crippen molar-refractivity contribution in [2.75, 3.05) is 32.7 Å². The molecule has 2 aliphatic heterocycles. The van der Waals surface area contributed by atoms with Crippen LogP contribution in [0.3, 0.4) is 0 Å². The van der Waals surface area contributed by atoms with E-state index in [-0.39, 0.29) is 5.91 Å². The van der Waals surface area contributed by atoms with E-state index in [0.717, 1.165) is 41.9 Å². The summed E-state index contributed by atoms with van der Waals surface area (Å²) in [5.41, 5.74) is 3.21. The Morgan fingerprint density at radius 3 is 2.93 bits per heavy atom. The first kappa shape index (κ1) is 17.2. The lowest BCUT2D eigenvalue weighted by molar-refractivity contribution is 0.0683. The molecule has 2 aromatic rings. The van der Waals surface area contributed by atoms with E-state index in [0.29, 0.717) is 5.41 Å². The van der Waals surface area contributed by atoms with Crippen molar-refractivity contribution in [2.45, 2.75) is 39.0 Å². The van der Waals surface area contributed by atoms with Crippen molar-refractivity contribution < 1.29 is 4.79 Å². The molecule has 5 rings (SSSR count). The number of aromatic nitrogens is 1. The number of likely N-dealkylation sites (tertiary alicyclic amines) is 2. The molecule has 0 radical (unpaired) electrons. The second-order valence-corrected chi connectivity index (χ2v) is 9.14. The predicted molar refractivity (Wildman–Crippen MR) is 108 cm³/mol. The maximum Gasteiger partial charge on any atom is 0.254 e. The van der Waals surface area contributed by atoms with Crippen LogP contribution in [0.1, 0.15) is 48.0 Å². The Morgan fingerprint density at radius 2 is 2.07 bits per heavy atom. The van der Waals surface area contributed by atoms with Crippen molar-refractivity contribution in [1.82, 2.24) is 14.8 Å². The summed E-state index contributed by atoms with van der Waals surface area (Å²) in [4.78, 5) is 22.6. The molecule has 3 fully saturated rings. The van der Waals surface area contributed by atoms with Gasteiger partial charge in [0.15, 0.2) is 0 Å². The number of pyridine rings is 1. The highest BCUT2D eigenvalue weighted by atomic mass is 16.2. The highest BCUT2D eigenvalue weighted by Gasteiger charge is 2.43. The number of carbonyl (C=O) groups is 1. The number of rotatable bonds is 3. The number of piperidine rings is 1. The smallest absolute Gasteiger partial charge is 0.254 e. The third kappa shape index (κ3) is 3.36. The normalized spacial score (nSPS) is 26.2. The van der Waals surface area contributed by atoms with Crippen LogP contribution in [-0.4, -0.2) is 53.4 Å². The van der Waals surface area contributed by atoms with E-state index >= 15 is 0 Å². The van der Waals surface area contributed by atoms with E-state index in [1.54, 1.807) is 6.20 Å². The molecule has 3 heterocycles. The average Bonchev–Trinajstić information content (AvgIpc) is 3.40. The molecule has 1 amide bonds. The Bertz CT molecular complexity index is 875. The number of fused-ring (bicyclic) bond motifs is 1. The Kier molecular flexibility index (Phi) is 4.19. The minimum atomic E-state index is 0.184. The maximum atomic E-state index is 13.4. The first-order valence-electron chi connectivity index (χ1n) is 10.5. The van der Waals surface area contributed by atoms with Gasteiger partial charge in [0.1, 0.15) is 0 Å². The van der Waals surface area contributed by atoms with Gasteiger partial charge in [-0.15, -0.1) is 0 Å². The highest BCUT2D eigenvalue weighted by Crippen LogP contribution is 2.41. The van der Waals surface area contributed by atoms with Gasteiger partial charge in [0.25, 0.3) is 5.91 Å². The molecule has 4 nitrogen and oxygen atoms in total. The molecule has 0 unspecified atom stereocenters. The van der Waals surface area contributed by atoms with Crippen LogP contribution in [0, 0.1) is 18.3 Å². The van der Waals surface area contributed by atoms with Crippen molar-refractivity contribution in [2.24, 2.45) is 11.3 Å². The molecule has 142 valence electrons. The van der Waals surface area contributed by atoms with Gasteiger partial charge in [0.2, 0.25) is 0 Å².